The molecule has 0 aromatic rings. The van der Waals surface area contributed by atoms with Crippen LogP contribution < -0.4 is 0 Å². The average molecular weight is 374 g/mol. The normalized spacial score (nSPS) is 54.4. The maximum Gasteiger partial charge on any atom is 0.271 e. The Morgan fingerprint density at radius 2 is 2.29 bits per heavy atom. The number of hydrogen-bond donors (Lipinski definition) is 1. The molecule has 1 saturated heterocycles. The summed E-state index contributed by atoms with van der Waals surface area (Å²) in [7, 11) is -1.91. The minimum atomic E-state index is -3.49. The summed E-state index contributed by atoms with van der Waals surface area (Å²) in [6, 6.07) is 0. The predicted octanol–water partition coefficient (Wildman–Crippen LogP) is 0.306. The monoisotopic (exact) mass is 374 g/mol. The summed E-state index contributed by atoms with van der Waals surface area (Å²) in [4.78, 5) is 0. The summed E-state index contributed by atoms with van der Waals surface area (Å²) in [5.41, 5.74) is -0.750. The number of alkyl halides is 1. The fourth-order valence-electron chi connectivity index (χ4n) is 3.97. The van der Waals surface area contributed by atoms with E-state index >= 15 is 0 Å². The highest BCUT2D eigenvalue weighted by Crippen LogP contribution is 2.69. The van der Waals surface area contributed by atoms with E-state index in [0.29, 0.717) is 19.4 Å². The molecule has 3 aliphatic rings. The van der Waals surface area contributed by atoms with E-state index in [9.17, 15) is 13.5 Å². The highest BCUT2D eigenvalue weighted by atomic mass is 127. The minimum Gasteiger partial charge on any atom is -0.396 e. The lowest BCUT2D eigenvalue weighted by molar-refractivity contribution is 0.0353. The second kappa shape index (κ2) is 3.56. The van der Waals surface area contributed by atoms with Crippen molar-refractivity contribution in [2.24, 2.45) is 10.8 Å². The van der Waals surface area contributed by atoms with Gasteiger partial charge in [0.2, 0.25) is 0 Å². The number of ether oxygens (including phenoxy) is 1. The number of halogens is 1. The van der Waals surface area contributed by atoms with E-state index in [0.717, 1.165) is 0 Å². The molecule has 3 fully saturated rings. The Morgan fingerprint density at radius 1 is 1.59 bits per heavy atom. The van der Waals surface area contributed by atoms with Crippen LogP contribution in [0.15, 0.2) is 0 Å². The van der Waals surface area contributed by atoms with Gasteiger partial charge in [0.25, 0.3) is 10.1 Å². The van der Waals surface area contributed by atoms with Crippen LogP contribution in [0.1, 0.15) is 12.8 Å². The molecule has 5 unspecified atom stereocenters. The van der Waals surface area contributed by atoms with Gasteiger partial charge in [-0.25, -0.2) is 0 Å². The number of fused-ring (bicyclic) bond motifs is 1. The second-order valence-corrected chi connectivity index (χ2v) is 8.56. The van der Waals surface area contributed by atoms with Crippen molar-refractivity contribution in [3.63, 3.8) is 0 Å². The molecule has 98 valence electrons. The highest BCUT2D eigenvalue weighted by molar-refractivity contribution is 14.1. The molecule has 0 amide bonds. The maximum absolute atomic E-state index is 12.0. The first-order valence-electron chi connectivity index (χ1n) is 5.58. The Balaban J connectivity index is 2.12. The highest BCUT2D eigenvalue weighted by Gasteiger charge is 2.77. The Hall–Kier alpha value is 0.560. The summed E-state index contributed by atoms with van der Waals surface area (Å²) >= 11 is 2.23. The summed E-state index contributed by atoms with van der Waals surface area (Å²) < 4.78 is 34.6. The Bertz CT molecular complexity index is 452. The van der Waals surface area contributed by atoms with Gasteiger partial charge in [-0.15, -0.1) is 0 Å². The van der Waals surface area contributed by atoms with Crippen LogP contribution >= 0.6 is 22.6 Å². The van der Waals surface area contributed by atoms with Gasteiger partial charge in [0.15, 0.2) is 0 Å². The van der Waals surface area contributed by atoms with Crippen LogP contribution in [0.2, 0.25) is 0 Å². The lowest BCUT2D eigenvalue weighted by Gasteiger charge is -2.33. The first-order valence-corrected chi connectivity index (χ1v) is 8.30. The van der Waals surface area contributed by atoms with Gasteiger partial charge in [-0.05, 0) is 12.8 Å². The molecule has 5 nitrogen and oxygen atoms in total. The van der Waals surface area contributed by atoms with E-state index in [1.807, 2.05) is 0 Å². The number of aliphatic hydroxyl groups is 1. The van der Waals surface area contributed by atoms with E-state index in [1.165, 1.54) is 0 Å². The van der Waals surface area contributed by atoms with Crippen LogP contribution in [0.5, 0.6) is 0 Å². The van der Waals surface area contributed by atoms with Crippen molar-refractivity contribution in [2.45, 2.75) is 28.1 Å². The van der Waals surface area contributed by atoms with Crippen molar-refractivity contribution >= 4 is 32.7 Å². The summed E-state index contributed by atoms with van der Waals surface area (Å²) in [6.45, 7) is 0.417. The van der Waals surface area contributed by atoms with Crippen LogP contribution in [0.25, 0.3) is 0 Å². The molecular weight excluding hydrogens is 359 g/mol. The van der Waals surface area contributed by atoms with E-state index < -0.39 is 20.8 Å². The molecule has 2 saturated carbocycles. The lowest BCUT2D eigenvalue weighted by atomic mass is 9.80. The number of hydrogen-bond acceptors (Lipinski definition) is 5. The van der Waals surface area contributed by atoms with Crippen molar-refractivity contribution in [3.8, 4) is 0 Å². The molecule has 0 radical (unpaired) electrons. The molecule has 0 aromatic heterocycles. The van der Waals surface area contributed by atoms with Gasteiger partial charge >= 0.3 is 0 Å². The van der Waals surface area contributed by atoms with Crippen molar-refractivity contribution in [1.29, 1.82) is 0 Å². The maximum atomic E-state index is 12.0. The van der Waals surface area contributed by atoms with Gasteiger partial charge < -0.3 is 9.84 Å². The number of aliphatic hydroxyl groups excluding tert-OH is 1. The zero-order valence-corrected chi connectivity index (χ0v) is 12.4. The van der Waals surface area contributed by atoms with Crippen molar-refractivity contribution in [2.75, 3.05) is 20.3 Å². The standard InChI is InChI=1S/C10H15IO5S/c1-15-5-10-3-9(4-12)2-6(10)17(13,14)16-8(10)7(9)11/h6-8,12H,2-5H2,1H3. The zero-order chi connectivity index (χ0) is 12.5. The van der Waals surface area contributed by atoms with Crippen LogP contribution in [-0.4, -0.2) is 49.1 Å². The lowest BCUT2D eigenvalue weighted by Crippen LogP contribution is -2.45. The molecule has 2 aliphatic carbocycles. The largest absolute Gasteiger partial charge is 0.396 e. The fourth-order valence-corrected chi connectivity index (χ4v) is 7.82. The summed E-state index contributed by atoms with van der Waals surface area (Å²) in [5, 5.41) is 9.13. The molecular formula is C10H15IO5S. The van der Waals surface area contributed by atoms with Crippen molar-refractivity contribution in [1.82, 2.24) is 0 Å². The van der Waals surface area contributed by atoms with Gasteiger partial charge in [-0.3, -0.25) is 4.18 Å². The molecule has 3 rings (SSSR count). The SMILES string of the molecule is COCC12CC3(CO)CC1S(=O)(=O)OC2C3I. The van der Waals surface area contributed by atoms with Crippen LogP contribution in [0.3, 0.4) is 0 Å². The van der Waals surface area contributed by atoms with Crippen LogP contribution in [0.4, 0.5) is 0 Å². The first kappa shape index (κ1) is 12.6. The van der Waals surface area contributed by atoms with Crippen molar-refractivity contribution < 1.29 is 22.4 Å². The third-order valence-electron chi connectivity index (χ3n) is 4.65. The quantitative estimate of drug-likeness (QED) is 0.437. The van der Waals surface area contributed by atoms with Crippen LogP contribution in [0, 0.1) is 10.8 Å². The molecule has 0 spiro atoms. The Morgan fingerprint density at radius 3 is 2.88 bits per heavy atom. The Kier molecular flexibility index (Phi) is 2.64. The number of rotatable bonds is 3. The minimum absolute atomic E-state index is 0.0257. The topological polar surface area (TPSA) is 72.8 Å². The number of methoxy groups -OCH3 is 1. The van der Waals surface area contributed by atoms with Gasteiger partial charge in [0.1, 0.15) is 0 Å². The Labute approximate surface area is 114 Å². The molecule has 7 heteroatoms. The second-order valence-electron chi connectivity index (χ2n) is 5.47. The fraction of sp³-hybridized carbons (Fsp3) is 1.00. The van der Waals surface area contributed by atoms with Crippen LogP contribution in [-0.2, 0) is 19.0 Å². The van der Waals surface area contributed by atoms with E-state index in [2.05, 4.69) is 22.6 Å². The molecule has 1 N–H and O–H groups in total. The van der Waals surface area contributed by atoms with Crippen molar-refractivity contribution in [3.05, 3.63) is 0 Å². The van der Waals surface area contributed by atoms with Gasteiger partial charge in [0, 0.05) is 28.5 Å². The average Bonchev–Trinajstić information content (AvgIpc) is 2.76. The summed E-state index contributed by atoms with van der Waals surface area (Å²) in [6.07, 6.45) is 0.852. The predicted molar refractivity (Wildman–Crippen MR) is 68.5 cm³/mol. The molecule has 17 heavy (non-hydrogen) atoms. The van der Waals surface area contributed by atoms with E-state index in [1.54, 1.807) is 7.11 Å². The smallest absolute Gasteiger partial charge is 0.271 e. The molecule has 2 bridgehead atoms. The molecule has 0 aromatic carbocycles. The third kappa shape index (κ3) is 1.32. The molecule has 1 heterocycles. The van der Waals surface area contributed by atoms with Gasteiger partial charge in [-0.1, -0.05) is 22.6 Å². The third-order valence-corrected chi connectivity index (χ3v) is 8.43. The molecule has 5 atom stereocenters. The van der Waals surface area contributed by atoms with E-state index in [-0.39, 0.29) is 22.1 Å². The van der Waals surface area contributed by atoms with Gasteiger partial charge in [0.05, 0.1) is 18.0 Å². The van der Waals surface area contributed by atoms with E-state index in [4.69, 9.17) is 8.92 Å². The summed E-state index contributed by atoms with van der Waals surface area (Å²) in [5.74, 6) is 0. The first-order chi connectivity index (χ1) is 7.92. The molecule has 1 aliphatic heterocycles. The van der Waals surface area contributed by atoms with Gasteiger partial charge in [-0.2, -0.15) is 8.42 Å². The zero-order valence-electron chi connectivity index (χ0n) is 9.43.